The van der Waals surface area contributed by atoms with Gasteiger partial charge >= 0.3 is 5.97 Å². The highest BCUT2D eigenvalue weighted by Crippen LogP contribution is 1.99. The van der Waals surface area contributed by atoms with Crippen LogP contribution >= 0.6 is 0 Å². The number of likely N-dealkylation sites (N-methyl/N-ethyl adjacent to an activating group) is 1. The number of hydrogen-bond donors (Lipinski definition) is 0. The second kappa shape index (κ2) is 8.69. The van der Waals surface area contributed by atoms with E-state index >= 15 is 0 Å². The Kier molecular flexibility index (Phi) is 8.03. The minimum Gasteiger partial charge on any atom is -0.466 e. The van der Waals surface area contributed by atoms with Crippen molar-refractivity contribution in [1.82, 2.24) is 9.80 Å². The maximum Gasteiger partial charge on any atom is 0.333 e. The fourth-order valence-corrected chi connectivity index (χ4v) is 1.39. The molecule has 0 heterocycles. The van der Waals surface area contributed by atoms with E-state index in [-0.39, 0.29) is 11.9 Å². The summed E-state index contributed by atoms with van der Waals surface area (Å²) in [5, 5.41) is 0. The number of esters is 1. The SMILES string of the molecule is CCCN(CC=C(C)C(=O)OC)CC(=O)N(C)C. The third kappa shape index (κ3) is 6.39. The van der Waals surface area contributed by atoms with Crippen LogP contribution in [0, 0.1) is 0 Å². The van der Waals surface area contributed by atoms with Crippen molar-refractivity contribution in [1.29, 1.82) is 0 Å². The Morgan fingerprint density at radius 2 is 1.89 bits per heavy atom. The van der Waals surface area contributed by atoms with Crippen LogP contribution in [0.2, 0.25) is 0 Å². The molecule has 104 valence electrons. The number of carbonyl (C=O) groups excluding carboxylic acids is 2. The highest BCUT2D eigenvalue weighted by molar-refractivity contribution is 5.87. The van der Waals surface area contributed by atoms with Crippen molar-refractivity contribution >= 4 is 11.9 Å². The van der Waals surface area contributed by atoms with Gasteiger partial charge in [0.05, 0.1) is 13.7 Å². The van der Waals surface area contributed by atoms with Gasteiger partial charge in [-0.15, -0.1) is 0 Å². The van der Waals surface area contributed by atoms with E-state index < -0.39 is 0 Å². The molecule has 0 unspecified atom stereocenters. The van der Waals surface area contributed by atoms with E-state index in [1.165, 1.54) is 7.11 Å². The molecular formula is C13H24N2O3. The monoisotopic (exact) mass is 256 g/mol. The van der Waals surface area contributed by atoms with Crippen molar-refractivity contribution in [3.8, 4) is 0 Å². The molecule has 5 nitrogen and oxygen atoms in total. The first-order chi connectivity index (χ1) is 8.42. The molecule has 0 fully saturated rings. The highest BCUT2D eigenvalue weighted by Gasteiger charge is 2.11. The summed E-state index contributed by atoms with van der Waals surface area (Å²) < 4.78 is 4.62. The summed E-state index contributed by atoms with van der Waals surface area (Å²) in [6, 6.07) is 0. The molecular weight excluding hydrogens is 232 g/mol. The number of methoxy groups -OCH3 is 1. The molecule has 0 atom stereocenters. The molecule has 0 aromatic rings. The van der Waals surface area contributed by atoms with Crippen LogP contribution in [-0.4, -0.2) is 62.5 Å². The zero-order chi connectivity index (χ0) is 14.1. The van der Waals surface area contributed by atoms with Crippen LogP contribution in [0.4, 0.5) is 0 Å². The second-order valence-electron chi connectivity index (χ2n) is 4.40. The number of nitrogens with zero attached hydrogens (tertiary/aromatic N) is 2. The number of ether oxygens (including phenoxy) is 1. The van der Waals surface area contributed by atoms with E-state index in [0.717, 1.165) is 13.0 Å². The molecule has 0 bridgehead atoms. The van der Waals surface area contributed by atoms with E-state index in [0.29, 0.717) is 18.7 Å². The Morgan fingerprint density at radius 3 is 2.33 bits per heavy atom. The first kappa shape index (κ1) is 16.6. The third-order valence-electron chi connectivity index (χ3n) is 2.56. The fraction of sp³-hybridized carbons (Fsp3) is 0.692. The topological polar surface area (TPSA) is 49.9 Å². The van der Waals surface area contributed by atoms with Gasteiger partial charge < -0.3 is 9.64 Å². The van der Waals surface area contributed by atoms with Gasteiger partial charge in [0.25, 0.3) is 0 Å². The predicted octanol–water partition coefficient (Wildman–Crippen LogP) is 0.906. The van der Waals surface area contributed by atoms with E-state index in [1.54, 1.807) is 32.0 Å². The second-order valence-corrected chi connectivity index (χ2v) is 4.40. The number of hydrogen-bond acceptors (Lipinski definition) is 4. The van der Waals surface area contributed by atoms with Crippen molar-refractivity contribution in [3.63, 3.8) is 0 Å². The number of carbonyl (C=O) groups is 2. The van der Waals surface area contributed by atoms with Gasteiger partial charge in [-0.2, -0.15) is 0 Å². The maximum absolute atomic E-state index is 11.6. The van der Waals surface area contributed by atoms with E-state index in [2.05, 4.69) is 11.7 Å². The molecule has 0 aliphatic heterocycles. The minimum absolute atomic E-state index is 0.0626. The molecule has 0 aromatic heterocycles. The number of amides is 1. The summed E-state index contributed by atoms with van der Waals surface area (Å²) in [6.45, 7) is 5.54. The van der Waals surface area contributed by atoms with Crippen LogP contribution in [0.5, 0.6) is 0 Å². The van der Waals surface area contributed by atoms with Crippen molar-refractivity contribution in [2.24, 2.45) is 0 Å². The Balaban J connectivity index is 4.44. The lowest BCUT2D eigenvalue weighted by Crippen LogP contribution is -2.37. The summed E-state index contributed by atoms with van der Waals surface area (Å²) in [5.74, 6) is -0.266. The average Bonchev–Trinajstić information content (AvgIpc) is 2.34. The molecule has 5 heteroatoms. The zero-order valence-corrected chi connectivity index (χ0v) is 12.0. The minimum atomic E-state index is -0.328. The molecule has 0 aliphatic rings. The van der Waals surface area contributed by atoms with Gasteiger partial charge in [0, 0.05) is 26.2 Å². The summed E-state index contributed by atoms with van der Waals surface area (Å²) >= 11 is 0. The Morgan fingerprint density at radius 1 is 1.28 bits per heavy atom. The van der Waals surface area contributed by atoms with E-state index in [9.17, 15) is 9.59 Å². The van der Waals surface area contributed by atoms with E-state index in [1.807, 2.05) is 4.90 Å². The molecule has 0 N–H and O–H groups in total. The first-order valence-corrected chi connectivity index (χ1v) is 6.09. The zero-order valence-electron chi connectivity index (χ0n) is 12.0. The predicted molar refractivity (Wildman–Crippen MR) is 71.2 cm³/mol. The van der Waals surface area contributed by atoms with Gasteiger partial charge in [-0.1, -0.05) is 13.0 Å². The molecule has 18 heavy (non-hydrogen) atoms. The van der Waals surface area contributed by atoms with Crippen molar-refractivity contribution in [3.05, 3.63) is 11.6 Å². The lowest BCUT2D eigenvalue weighted by molar-refractivity contribution is -0.136. The van der Waals surface area contributed by atoms with Crippen molar-refractivity contribution in [2.75, 3.05) is 40.8 Å². The van der Waals surface area contributed by atoms with Gasteiger partial charge in [-0.05, 0) is 19.9 Å². The molecule has 0 aromatic carbocycles. The standard InChI is InChI=1S/C13H24N2O3/c1-6-8-15(10-12(16)14(3)4)9-7-11(2)13(17)18-5/h7H,6,8-10H2,1-5H3. The lowest BCUT2D eigenvalue weighted by Gasteiger charge is -2.21. The smallest absolute Gasteiger partial charge is 0.333 e. The van der Waals surface area contributed by atoms with Crippen LogP contribution in [0.1, 0.15) is 20.3 Å². The first-order valence-electron chi connectivity index (χ1n) is 6.09. The largest absolute Gasteiger partial charge is 0.466 e. The lowest BCUT2D eigenvalue weighted by atomic mass is 10.2. The Hall–Kier alpha value is -1.36. The molecule has 1 amide bonds. The normalized spacial score (nSPS) is 11.6. The summed E-state index contributed by atoms with van der Waals surface area (Å²) in [6.07, 6.45) is 2.76. The Labute approximate surface area is 109 Å². The fourth-order valence-electron chi connectivity index (χ4n) is 1.39. The molecule has 0 aliphatic carbocycles. The summed E-state index contributed by atoms with van der Waals surface area (Å²) in [5.41, 5.74) is 0.566. The van der Waals surface area contributed by atoms with Gasteiger partial charge in [0.1, 0.15) is 0 Å². The molecule has 0 radical (unpaired) electrons. The van der Waals surface area contributed by atoms with Crippen LogP contribution < -0.4 is 0 Å². The quantitative estimate of drug-likeness (QED) is 0.502. The van der Waals surface area contributed by atoms with Gasteiger partial charge in [-0.25, -0.2) is 4.79 Å². The molecule has 0 spiro atoms. The van der Waals surface area contributed by atoms with Crippen LogP contribution in [0.25, 0.3) is 0 Å². The third-order valence-corrected chi connectivity index (χ3v) is 2.56. The highest BCUT2D eigenvalue weighted by atomic mass is 16.5. The number of rotatable bonds is 7. The van der Waals surface area contributed by atoms with Crippen molar-refractivity contribution in [2.45, 2.75) is 20.3 Å². The molecule has 0 saturated heterocycles. The Bertz CT molecular complexity index is 311. The van der Waals surface area contributed by atoms with E-state index in [4.69, 9.17) is 0 Å². The van der Waals surface area contributed by atoms with Gasteiger partial charge in [0.2, 0.25) is 5.91 Å². The van der Waals surface area contributed by atoms with Gasteiger partial charge in [0.15, 0.2) is 0 Å². The summed E-state index contributed by atoms with van der Waals surface area (Å²) in [7, 11) is 4.84. The van der Waals surface area contributed by atoms with Crippen LogP contribution in [0.15, 0.2) is 11.6 Å². The average molecular weight is 256 g/mol. The molecule has 0 saturated carbocycles. The van der Waals surface area contributed by atoms with Crippen molar-refractivity contribution < 1.29 is 14.3 Å². The van der Waals surface area contributed by atoms with Crippen LogP contribution in [0.3, 0.4) is 0 Å². The molecule has 0 rings (SSSR count). The summed E-state index contributed by atoms with van der Waals surface area (Å²) in [4.78, 5) is 26.4. The van der Waals surface area contributed by atoms with Crippen LogP contribution in [-0.2, 0) is 14.3 Å². The maximum atomic E-state index is 11.6. The van der Waals surface area contributed by atoms with Gasteiger partial charge in [-0.3, -0.25) is 9.69 Å².